The Balaban J connectivity index is 2.12. The van der Waals surface area contributed by atoms with Crippen molar-refractivity contribution in [2.24, 2.45) is 0 Å². The second-order valence-corrected chi connectivity index (χ2v) is 5.15. The maximum atomic E-state index is 3.64. The van der Waals surface area contributed by atoms with Gasteiger partial charge < -0.3 is 0 Å². The molecule has 0 bridgehead atoms. The molecule has 0 radical (unpaired) electrons. The van der Waals surface area contributed by atoms with Gasteiger partial charge in [-0.2, -0.15) is 0 Å². The fraction of sp³-hybridized carbons (Fsp3) is 0.538. The molecule has 1 unspecified atom stereocenters. The van der Waals surface area contributed by atoms with Crippen molar-refractivity contribution < 1.29 is 0 Å². The van der Waals surface area contributed by atoms with Crippen LogP contribution in [-0.4, -0.2) is 18.0 Å². The van der Waals surface area contributed by atoms with Crippen LogP contribution in [0.4, 0.5) is 0 Å². The Bertz CT molecular complexity index is 318. The first-order valence-corrected chi connectivity index (χ1v) is 6.57. The zero-order valence-electron chi connectivity index (χ0n) is 9.25. The van der Waals surface area contributed by atoms with E-state index in [1.807, 2.05) is 0 Å². The first-order valence-electron chi connectivity index (χ1n) is 5.77. The van der Waals surface area contributed by atoms with Gasteiger partial charge in [0.05, 0.1) is 0 Å². The summed E-state index contributed by atoms with van der Waals surface area (Å²) in [4.78, 5) is 2.59. The molecule has 2 rings (SSSR count). The average molecular weight is 268 g/mol. The molecule has 1 nitrogen and oxygen atoms in total. The summed E-state index contributed by atoms with van der Waals surface area (Å²) < 4.78 is 1.24. The lowest BCUT2D eigenvalue weighted by molar-refractivity contribution is 0.174. The van der Waals surface area contributed by atoms with Crippen molar-refractivity contribution in [2.75, 3.05) is 13.1 Å². The van der Waals surface area contributed by atoms with Gasteiger partial charge in [-0.05, 0) is 44.5 Å². The Hall–Kier alpha value is -0.340. The zero-order valence-corrected chi connectivity index (χ0v) is 10.8. The average Bonchev–Trinajstić information content (AvgIpc) is 2.30. The van der Waals surface area contributed by atoms with E-state index in [0.29, 0.717) is 6.04 Å². The second kappa shape index (κ2) is 5.13. The highest BCUT2D eigenvalue weighted by Crippen LogP contribution is 2.29. The summed E-state index contributed by atoms with van der Waals surface area (Å²) in [6.45, 7) is 4.82. The highest BCUT2D eigenvalue weighted by molar-refractivity contribution is 9.10. The summed E-state index contributed by atoms with van der Waals surface area (Å²) in [6, 6.07) is 9.11. The minimum Gasteiger partial charge on any atom is -0.297 e. The van der Waals surface area contributed by atoms with Crippen LogP contribution in [0.25, 0.3) is 0 Å². The summed E-state index contributed by atoms with van der Waals surface area (Å²) in [5.41, 5.74) is 1.42. The normalized spacial score (nSPS) is 20.1. The van der Waals surface area contributed by atoms with E-state index in [-0.39, 0.29) is 0 Å². The Labute approximate surface area is 101 Å². The van der Waals surface area contributed by atoms with Crippen LogP contribution in [0.2, 0.25) is 0 Å². The standard InChI is InChI=1S/C13H18BrN/c1-11(15-9-5-2-6-10-15)12-7-3-4-8-13(12)14/h3-4,7-8,11H,2,5-6,9-10H2,1H3. The van der Waals surface area contributed by atoms with E-state index in [4.69, 9.17) is 0 Å². The van der Waals surface area contributed by atoms with Gasteiger partial charge in [-0.25, -0.2) is 0 Å². The van der Waals surface area contributed by atoms with Crippen LogP contribution in [0, 0.1) is 0 Å². The van der Waals surface area contributed by atoms with Crippen molar-refractivity contribution in [2.45, 2.75) is 32.2 Å². The van der Waals surface area contributed by atoms with E-state index in [0.717, 1.165) is 0 Å². The van der Waals surface area contributed by atoms with Gasteiger partial charge in [-0.3, -0.25) is 4.90 Å². The number of rotatable bonds is 2. The van der Waals surface area contributed by atoms with Crippen LogP contribution in [-0.2, 0) is 0 Å². The van der Waals surface area contributed by atoms with E-state index in [2.05, 4.69) is 52.0 Å². The van der Waals surface area contributed by atoms with E-state index in [9.17, 15) is 0 Å². The molecule has 0 saturated carbocycles. The van der Waals surface area contributed by atoms with Gasteiger partial charge in [0.15, 0.2) is 0 Å². The predicted molar refractivity (Wildman–Crippen MR) is 68.0 cm³/mol. The summed E-state index contributed by atoms with van der Waals surface area (Å²) in [5.74, 6) is 0. The lowest BCUT2D eigenvalue weighted by Crippen LogP contribution is -2.32. The molecule has 15 heavy (non-hydrogen) atoms. The molecule has 0 aliphatic carbocycles. The Morgan fingerprint density at radius 1 is 1.13 bits per heavy atom. The summed E-state index contributed by atoms with van der Waals surface area (Å²) in [6.07, 6.45) is 4.11. The molecule has 0 amide bonds. The Kier molecular flexibility index (Phi) is 3.81. The molecule has 1 aromatic rings. The molecule has 1 aromatic carbocycles. The maximum Gasteiger partial charge on any atom is 0.0331 e. The van der Waals surface area contributed by atoms with E-state index in [1.165, 1.54) is 42.4 Å². The molecule has 1 aliphatic heterocycles. The SMILES string of the molecule is CC(c1ccccc1Br)N1CCCCC1. The largest absolute Gasteiger partial charge is 0.297 e. The summed E-state index contributed by atoms with van der Waals surface area (Å²) in [7, 11) is 0. The van der Waals surface area contributed by atoms with Gasteiger partial charge in [0.25, 0.3) is 0 Å². The van der Waals surface area contributed by atoms with E-state index >= 15 is 0 Å². The van der Waals surface area contributed by atoms with E-state index < -0.39 is 0 Å². The number of likely N-dealkylation sites (tertiary alicyclic amines) is 1. The number of halogens is 1. The third kappa shape index (κ3) is 2.61. The molecule has 1 atom stereocenters. The molecule has 82 valence electrons. The molecule has 0 aromatic heterocycles. The first-order chi connectivity index (χ1) is 7.29. The predicted octanol–water partition coefficient (Wildman–Crippen LogP) is 4.00. The van der Waals surface area contributed by atoms with Gasteiger partial charge in [0.2, 0.25) is 0 Å². The second-order valence-electron chi connectivity index (χ2n) is 4.29. The fourth-order valence-electron chi connectivity index (χ4n) is 2.32. The van der Waals surface area contributed by atoms with Crippen molar-refractivity contribution in [3.8, 4) is 0 Å². The highest BCUT2D eigenvalue weighted by Gasteiger charge is 2.19. The molecule has 2 heteroatoms. The highest BCUT2D eigenvalue weighted by atomic mass is 79.9. The van der Waals surface area contributed by atoms with Crippen LogP contribution in [0.5, 0.6) is 0 Å². The fourth-order valence-corrected chi connectivity index (χ4v) is 2.93. The monoisotopic (exact) mass is 267 g/mol. The van der Waals surface area contributed by atoms with Crippen molar-refractivity contribution in [3.63, 3.8) is 0 Å². The Morgan fingerprint density at radius 3 is 2.47 bits per heavy atom. The third-order valence-corrected chi connectivity index (χ3v) is 4.02. The summed E-state index contributed by atoms with van der Waals surface area (Å²) in [5, 5.41) is 0. The molecular weight excluding hydrogens is 250 g/mol. The van der Waals surface area contributed by atoms with Gasteiger partial charge in [-0.15, -0.1) is 0 Å². The Morgan fingerprint density at radius 2 is 1.80 bits per heavy atom. The molecule has 1 saturated heterocycles. The molecule has 0 N–H and O–H groups in total. The lowest BCUT2D eigenvalue weighted by atomic mass is 10.0. The minimum atomic E-state index is 0.542. The van der Waals surface area contributed by atoms with Gasteiger partial charge in [0, 0.05) is 10.5 Å². The number of nitrogens with zero attached hydrogens (tertiary/aromatic N) is 1. The minimum absolute atomic E-state index is 0.542. The van der Waals surface area contributed by atoms with Crippen molar-refractivity contribution in [3.05, 3.63) is 34.3 Å². The molecule has 1 aliphatic rings. The van der Waals surface area contributed by atoms with Crippen LogP contribution < -0.4 is 0 Å². The summed E-state index contributed by atoms with van der Waals surface area (Å²) >= 11 is 3.64. The van der Waals surface area contributed by atoms with Crippen LogP contribution >= 0.6 is 15.9 Å². The zero-order chi connectivity index (χ0) is 10.7. The van der Waals surface area contributed by atoms with Crippen LogP contribution in [0.3, 0.4) is 0 Å². The smallest absolute Gasteiger partial charge is 0.0331 e. The number of benzene rings is 1. The molecular formula is C13H18BrN. The lowest BCUT2D eigenvalue weighted by Gasteiger charge is -2.33. The van der Waals surface area contributed by atoms with Gasteiger partial charge in [-0.1, -0.05) is 40.5 Å². The first kappa shape index (κ1) is 11.2. The topological polar surface area (TPSA) is 3.24 Å². The van der Waals surface area contributed by atoms with Crippen molar-refractivity contribution >= 4 is 15.9 Å². The molecule has 1 heterocycles. The number of hydrogen-bond acceptors (Lipinski definition) is 1. The number of hydrogen-bond donors (Lipinski definition) is 0. The van der Waals surface area contributed by atoms with Gasteiger partial charge >= 0.3 is 0 Å². The third-order valence-electron chi connectivity index (χ3n) is 3.29. The quantitative estimate of drug-likeness (QED) is 0.783. The molecule has 1 fully saturated rings. The van der Waals surface area contributed by atoms with Crippen molar-refractivity contribution in [1.29, 1.82) is 0 Å². The van der Waals surface area contributed by atoms with Crippen LogP contribution in [0.15, 0.2) is 28.7 Å². The number of piperidine rings is 1. The molecule has 0 spiro atoms. The van der Waals surface area contributed by atoms with Gasteiger partial charge in [0.1, 0.15) is 0 Å². The van der Waals surface area contributed by atoms with Crippen molar-refractivity contribution in [1.82, 2.24) is 4.90 Å². The van der Waals surface area contributed by atoms with E-state index in [1.54, 1.807) is 0 Å². The maximum absolute atomic E-state index is 3.64. The van der Waals surface area contributed by atoms with Crippen LogP contribution in [0.1, 0.15) is 37.8 Å².